The van der Waals surface area contributed by atoms with Crippen LogP contribution in [0.1, 0.15) is 44.3 Å². The summed E-state index contributed by atoms with van der Waals surface area (Å²) in [5, 5.41) is 4.66. The van der Waals surface area contributed by atoms with Gasteiger partial charge in [0, 0.05) is 56.2 Å². The van der Waals surface area contributed by atoms with Crippen molar-refractivity contribution in [1.82, 2.24) is 19.6 Å². The van der Waals surface area contributed by atoms with Crippen molar-refractivity contribution < 1.29 is 4.79 Å². The second kappa shape index (κ2) is 6.96. The molecule has 0 aromatic carbocycles. The highest BCUT2D eigenvalue weighted by Crippen LogP contribution is 2.33. The van der Waals surface area contributed by atoms with Gasteiger partial charge in [-0.15, -0.1) is 0 Å². The minimum atomic E-state index is 0.358. The summed E-state index contributed by atoms with van der Waals surface area (Å²) in [6.45, 7) is 5.47. The van der Waals surface area contributed by atoms with Crippen molar-refractivity contribution in [2.45, 2.75) is 57.5 Å². The molecule has 2 atom stereocenters. The molecule has 7 heteroatoms. The van der Waals surface area contributed by atoms with E-state index in [0.29, 0.717) is 23.9 Å². The van der Waals surface area contributed by atoms with E-state index in [-0.39, 0.29) is 0 Å². The molecule has 4 heterocycles. The second-order valence-electron chi connectivity index (χ2n) is 7.52. The van der Waals surface area contributed by atoms with Gasteiger partial charge < -0.3 is 15.1 Å². The lowest BCUT2D eigenvalue weighted by atomic mass is 9.89. The van der Waals surface area contributed by atoms with Crippen LogP contribution in [0.5, 0.6) is 0 Å². The Morgan fingerprint density at radius 1 is 1.21 bits per heavy atom. The van der Waals surface area contributed by atoms with E-state index in [2.05, 4.69) is 24.5 Å². The van der Waals surface area contributed by atoms with E-state index in [1.54, 1.807) is 0 Å². The minimum Gasteiger partial charge on any atom is -0.345 e. The number of amides is 1. The number of nitrogens with one attached hydrogen (secondary N) is 1. The van der Waals surface area contributed by atoms with E-state index in [0.717, 1.165) is 50.0 Å². The van der Waals surface area contributed by atoms with Crippen LogP contribution >= 0.6 is 11.5 Å². The van der Waals surface area contributed by atoms with Gasteiger partial charge in [0.1, 0.15) is 5.82 Å². The summed E-state index contributed by atoms with van der Waals surface area (Å²) in [4.78, 5) is 21.6. The first-order valence-corrected chi connectivity index (χ1v) is 10.0. The van der Waals surface area contributed by atoms with Crippen molar-refractivity contribution >= 4 is 22.6 Å². The van der Waals surface area contributed by atoms with Gasteiger partial charge >= 0.3 is 0 Å². The topological polar surface area (TPSA) is 61.4 Å². The third-order valence-electron chi connectivity index (χ3n) is 5.67. The highest BCUT2D eigenvalue weighted by molar-refractivity contribution is 7.09. The molecule has 1 aromatic heterocycles. The van der Waals surface area contributed by atoms with Gasteiger partial charge in [0.05, 0.1) is 0 Å². The summed E-state index contributed by atoms with van der Waals surface area (Å²) in [5.74, 6) is 1.78. The van der Waals surface area contributed by atoms with Crippen molar-refractivity contribution in [2.24, 2.45) is 5.92 Å². The van der Waals surface area contributed by atoms with Gasteiger partial charge in [0.2, 0.25) is 11.0 Å². The number of piperidine rings is 1. The largest absolute Gasteiger partial charge is 0.345 e. The van der Waals surface area contributed by atoms with Crippen LogP contribution in [0.2, 0.25) is 0 Å². The van der Waals surface area contributed by atoms with Crippen LogP contribution in [0.15, 0.2) is 0 Å². The fraction of sp³-hybridized carbons (Fsp3) is 0.824. The van der Waals surface area contributed by atoms with Crippen LogP contribution in [0.3, 0.4) is 0 Å². The third-order valence-corrected chi connectivity index (χ3v) is 6.54. The van der Waals surface area contributed by atoms with Crippen LogP contribution < -0.4 is 10.2 Å². The SMILES string of the molecule is Cc1nsc(N2CCCN(C(=O)CC3CC4CCC(C3)N4)CC2)n1. The number of nitrogens with zero attached hydrogens (tertiary/aromatic N) is 4. The van der Waals surface area contributed by atoms with Crippen LogP contribution in [0.25, 0.3) is 0 Å². The Balaban J connectivity index is 1.31. The Morgan fingerprint density at radius 3 is 2.71 bits per heavy atom. The Labute approximate surface area is 147 Å². The maximum absolute atomic E-state index is 12.8. The number of rotatable bonds is 3. The fourth-order valence-corrected chi connectivity index (χ4v) is 5.22. The Hall–Kier alpha value is -1.21. The lowest BCUT2D eigenvalue weighted by Gasteiger charge is -2.30. The van der Waals surface area contributed by atoms with E-state index >= 15 is 0 Å². The summed E-state index contributed by atoms with van der Waals surface area (Å²) in [7, 11) is 0. The molecule has 24 heavy (non-hydrogen) atoms. The average molecular weight is 350 g/mol. The normalized spacial score (nSPS) is 30.5. The number of hydrogen-bond acceptors (Lipinski definition) is 6. The van der Waals surface area contributed by atoms with Gasteiger partial charge in [-0.3, -0.25) is 4.79 Å². The summed E-state index contributed by atoms with van der Waals surface area (Å²) >= 11 is 1.47. The molecule has 4 rings (SSSR count). The van der Waals surface area contributed by atoms with E-state index in [9.17, 15) is 4.79 Å². The molecule has 3 fully saturated rings. The highest BCUT2D eigenvalue weighted by atomic mass is 32.1. The molecule has 6 nitrogen and oxygen atoms in total. The van der Waals surface area contributed by atoms with Gasteiger partial charge in [0.25, 0.3) is 0 Å². The molecule has 132 valence electrons. The quantitative estimate of drug-likeness (QED) is 0.902. The van der Waals surface area contributed by atoms with E-state index in [1.165, 1.54) is 37.2 Å². The molecule has 3 saturated heterocycles. The Morgan fingerprint density at radius 2 is 2.00 bits per heavy atom. The van der Waals surface area contributed by atoms with Crippen molar-refractivity contribution in [3.05, 3.63) is 5.82 Å². The molecule has 0 aliphatic carbocycles. The first-order chi connectivity index (χ1) is 11.7. The van der Waals surface area contributed by atoms with Crippen molar-refractivity contribution in [3.8, 4) is 0 Å². The molecule has 1 aromatic rings. The number of fused-ring (bicyclic) bond motifs is 2. The summed E-state index contributed by atoms with van der Waals surface area (Å²) in [6, 6.07) is 1.34. The van der Waals surface area contributed by atoms with Crippen LogP contribution in [0, 0.1) is 12.8 Å². The van der Waals surface area contributed by atoms with Gasteiger partial charge in [-0.25, -0.2) is 4.98 Å². The maximum Gasteiger partial charge on any atom is 0.222 e. The zero-order valence-electron chi connectivity index (χ0n) is 14.4. The maximum atomic E-state index is 12.8. The molecule has 0 saturated carbocycles. The fourth-order valence-electron chi connectivity index (χ4n) is 4.49. The zero-order valence-corrected chi connectivity index (χ0v) is 15.2. The van der Waals surface area contributed by atoms with Gasteiger partial charge in [-0.05, 0) is 44.9 Å². The van der Waals surface area contributed by atoms with E-state index in [4.69, 9.17) is 0 Å². The molecule has 2 unspecified atom stereocenters. The molecule has 3 aliphatic rings. The first-order valence-electron chi connectivity index (χ1n) is 9.26. The van der Waals surface area contributed by atoms with E-state index in [1.807, 2.05) is 6.92 Å². The molecule has 0 spiro atoms. The molecular weight excluding hydrogens is 322 g/mol. The zero-order chi connectivity index (χ0) is 16.5. The number of anilines is 1. The summed E-state index contributed by atoms with van der Waals surface area (Å²) in [6.07, 6.45) is 6.73. The van der Waals surface area contributed by atoms with E-state index < -0.39 is 0 Å². The van der Waals surface area contributed by atoms with Crippen molar-refractivity contribution in [3.63, 3.8) is 0 Å². The summed E-state index contributed by atoms with van der Waals surface area (Å²) < 4.78 is 4.28. The molecule has 3 aliphatic heterocycles. The summed E-state index contributed by atoms with van der Waals surface area (Å²) in [5.41, 5.74) is 0. The predicted octanol–water partition coefficient (Wildman–Crippen LogP) is 1.81. The second-order valence-corrected chi connectivity index (χ2v) is 8.26. The predicted molar refractivity (Wildman–Crippen MR) is 95.3 cm³/mol. The molecular formula is C17H27N5OS. The van der Waals surface area contributed by atoms with Crippen LogP contribution in [-0.4, -0.2) is 58.4 Å². The lowest BCUT2D eigenvalue weighted by molar-refractivity contribution is -0.132. The standard InChI is InChI=1S/C17H27N5OS/c1-12-18-17(24-20-12)22-6-2-5-21(7-8-22)16(23)11-13-9-14-3-4-15(10-13)19-14/h13-15,19H,2-11H2,1H3. The van der Waals surface area contributed by atoms with Crippen molar-refractivity contribution in [1.29, 1.82) is 0 Å². The minimum absolute atomic E-state index is 0.358. The number of carbonyl (C=O) groups excluding carboxylic acids is 1. The monoisotopic (exact) mass is 349 g/mol. The molecule has 1 amide bonds. The number of aryl methyl sites for hydroxylation is 1. The highest BCUT2D eigenvalue weighted by Gasteiger charge is 2.35. The Bertz CT molecular complexity index is 579. The van der Waals surface area contributed by atoms with Gasteiger partial charge in [0.15, 0.2) is 0 Å². The third kappa shape index (κ3) is 3.57. The van der Waals surface area contributed by atoms with Crippen molar-refractivity contribution in [2.75, 3.05) is 31.1 Å². The van der Waals surface area contributed by atoms with Gasteiger partial charge in [-0.2, -0.15) is 4.37 Å². The van der Waals surface area contributed by atoms with Gasteiger partial charge in [-0.1, -0.05) is 0 Å². The number of hydrogen-bond donors (Lipinski definition) is 1. The Kier molecular flexibility index (Phi) is 4.72. The lowest BCUT2D eigenvalue weighted by Crippen LogP contribution is -2.41. The smallest absolute Gasteiger partial charge is 0.222 e. The van der Waals surface area contributed by atoms with Crippen LogP contribution in [-0.2, 0) is 4.79 Å². The number of carbonyl (C=O) groups is 1. The average Bonchev–Trinajstić information content (AvgIpc) is 3.04. The van der Waals surface area contributed by atoms with Crippen LogP contribution in [0.4, 0.5) is 5.13 Å². The molecule has 2 bridgehead atoms. The molecule has 1 N–H and O–H groups in total. The molecule has 0 radical (unpaired) electrons. The number of aromatic nitrogens is 2. The first kappa shape index (κ1) is 16.3.